The molecule has 1 saturated carbocycles. The van der Waals surface area contributed by atoms with Crippen LogP contribution in [0.5, 0.6) is 0 Å². The van der Waals surface area contributed by atoms with E-state index in [-0.39, 0.29) is 11.6 Å². The summed E-state index contributed by atoms with van der Waals surface area (Å²) >= 11 is 3.30. The summed E-state index contributed by atoms with van der Waals surface area (Å²) in [6.07, 6.45) is 2.34. The molecule has 0 radical (unpaired) electrons. The normalized spacial score (nSPS) is 20.8. The van der Waals surface area contributed by atoms with Crippen LogP contribution in [0.2, 0.25) is 0 Å². The lowest BCUT2D eigenvalue weighted by Crippen LogP contribution is -2.12. The van der Waals surface area contributed by atoms with Gasteiger partial charge < -0.3 is 9.84 Å². The van der Waals surface area contributed by atoms with E-state index in [0.29, 0.717) is 12.5 Å². The first kappa shape index (κ1) is 9.99. The Morgan fingerprint density at radius 2 is 2.42 bits per heavy atom. The van der Waals surface area contributed by atoms with Crippen molar-refractivity contribution < 1.29 is 9.84 Å². The third kappa shape index (κ3) is 3.54. The van der Waals surface area contributed by atoms with Gasteiger partial charge in [-0.05, 0) is 35.7 Å². The maximum atomic E-state index is 8.58. The summed E-state index contributed by atoms with van der Waals surface area (Å²) < 4.78 is 5.43. The zero-order chi connectivity index (χ0) is 8.97. The van der Waals surface area contributed by atoms with Crippen LogP contribution in [0.3, 0.4) is 0 Å². The van der Waals surface area contributed by atoms with Gasteiger partial charge in [0.15, 0.2) is 10.9 Å². The number of hydrogen-bond donors (Lipinski definition) is 1. The topological polar surface area (TPSA) is 41.8 Å². The summed E-state index contributed by atoms with van der Waals surface area (Å²) in [5, 5.41) is 8.59. The molecule has 1 rings (SSSR count). The van der Waals surface area contributed by atoms with Crippen LogP contribution >= 0.6 is 15.9 Å². The Morgan fingerprint density at radius 3 is 2.83 bits per heavy atom. The van der Waals surface area contributed by atoms with Crippen molar-refractivity contribution in [1.29, 1.82) is 0 Å². The molecule has 0 spiro atoms. The van der Waals surface area contributed by atoms with Gasteiger partial charge in [-0.3, -0.25) is 4.99 Å². The van der Waals surface area contributed by atoms with Crippen LogP contribution in [-0.2, 0) is 4.74 Å². The molecule has 0 bridgehead atoms. The summed E-state index contributed by atoms with van der Waals surface area (Å²) in [6.45, 7) is 2.46. The molecule has 0 aliphatic heterocycles. The molecule has 1 unspecified atom stereocenters. The van der Waals surface area contributed by atoms with E-state index in [1.54, 1.807) is 0 Å². The molecule has 1 aliphatic carbocycles. The largest absolute Gasteiger partial charge is 0.466 e. The highest BCUT2D eigenvalue weighted by atomic mass is 79.9. The first-order valence-electron chi connectivity index (χ1n) is 4.20. The van der Waals surface area contributed by atoms with E-state index < -0.39 is 0 Å². The Bertz CT molecular complexity index is 166. The number of nitrogens with zero attached hydrogens (tertiary/aromatic N) is 1. The molecule has 3 nitrogen and oxygen atoms in total. The summed E-state index contributed by atoms with van der Waals surface area (Å²) in [5.74, 6) is 1.31. The zero-order valence-corrected chi connectivity index (χ0v) is 8.75. The predicted octanol–water partition coefficient (Wildman–Crippen LogP) is 1.54. The van der Waals surface area contributed by atoms with Crippen LogP contribution < -0.4 is 0 Å². The number of rotatable bonds is 4. The van der Waals surface area contributed by atoms with E-state index in [9.17, 15) is 0 Å². The van der Waals surface area contributed by atoms with E-state index in [4.69, 9.17) is 9.84 Å². The lowest BCUT2D eigenvalue weighted by molar-refractivity contribution is 0.278. The van der Waals surface area contributed by atoms with E-state index in [1.807, 2.05) is 6.92 Å². The lowest BCUT2D eigenvalue weighted by atomic mass is 10.4. The maximum absolute atomic E-state index is 8.58. The monoisotopic (exact) mass is 235 g/mol. The fourth-order valence-electron chi connectivity index (χ4n) is 0.919. The summed E-state index contributed by atoms with van der Waals surface area (Å²) in [4.78, 5) is 4.16. The lowest BCUT2D eigenvalue weighted by Gasteiger charge is -2.09. The van der Waals surface area contributed by atoms with Crippen LogP contribution in [0.25, 0.3) is 0 Å². The Balaban J connectivity index is 2.37. The third-order valence-corrected chi connectivity index (χ3v) is 1.76. The molecule has 1 fully saturated rings. The summed E-state index contributed by atoms with van der Waals surface area (Å²) in [7, 11) is 0. The Hall–Kier alpha value is -0.0900. The van der Waals surface area contributed by atoms with Gasteiger partial charge in [0, 0.05) is 5.92 Å². The van der Waals surface area contributed by atoms with Crippen molar-refractivity contribution >= 4 is 21.8 Å². The number of alkyl halides is 1. The highest BCUT2D eigenvalue weighted by Gasteiger charge is 2.29. The molecule has 1 atom stereocenters. The number of aliphatic hydroxyl groups excluding tert-OH is 1. The number of aliphatic hydroxyl groups is 1. The molecule has 70 valence electrons. The van der Waals surface area contributed by atoms with Crippen LogP contribution in [0.15, 0.2) is 4.99 Å². The van der Waals surface area contributed by atoms with Gasteiger partial charge in [0.2, 0.25) is 0 Å². The smallest absolute Gasteiger partial charge is 0.187 e. The fourth-order valence-corrected chi connectivity index (χ4v) is 1.11. The van der Waals surface area contributed by atoms with Crippen LogP contribution in [0.1, 0.15) is 19.8 Å². The second-order valence-electron chi connectivity index (χ2n) is 2.88. The fraction of sp³-hybridized carbons (Fsp3) is 0.875. The minimum Gasteiger partial charge on any atom is -0.466 e. The number of ether oxygens (including phenoxy) is 1. The maximum Gasteiger partial charge on any atom is 0.187 e. The number of aliphatic imine (C=N–C) groups is 1. The van der Waals surface area contributed by atoms with Gasteiger partial charge in [0.25, 0.3) is 0 Å². The molecule has 1 aliphatic rings. The number of halogens is 1. The molecule has 0 aromatic rings. The Labute approximate surface area is 81.0 Å². The molecular formula is C8H14BrNO2. The average molecular weight is 236 g/mol. The van der Waals surface area contributed by atoms with Crippen LogP contribution in [0, 0.1) is 5.92 Å². The highest BCUT2D eigenvalue weighted by Crippen LogP contribution is 2.31. The highest BCUT2D eigenvalue weighted by molar-refractivity contribution is 9.09. The van der Waals surface area contributed by atoms with Gasteiger partial charge in [-0.15, -0.1) is 0 Å². The summed E-state index contributed by atoms with van der Waals surface area (Å²) in [6, 6.07) is 0. The van der Waals surface area contributed by atoms with E-state index >= 15 is 0 Å². The molecule has 0 heterocycles. The third-order valence-electron chi connectivity index (χ3n) is 1.58. The first-order valence-corrected chi connectivity index (χ1v) is 5.11. The minimum atomic E-state index is 0.00976. The molecule has 1 N–H and O–H groups in total. The predicted molar refractivity (Wildman–Crippen MR) is 51.6 cm³/mol. The van der Waals surface area contributed by atoms with Gasteiger partial charge in [-0.2, -0.15) is 0 Å². The van der Waals surface area contributed by atoms with Gasteiger partial charge >= 0.3 is 0 Å². The van der Waals surface area contributed by atoms with E-state index in [0.717, 1.165) is 5.90 Å². The molecule has 0 aromatic heterocycles. The summed E-state index contributed by atoms with van der Waals surface area (Å²) in [5.41, 5.74) is 0. The van der Waals surface area contributed by atoms with E-state index in [2.05, 4.69) is 20.9 Å². The minimum absolute atomic E-state index is 0.00976. The van der Waals surface area contributed by atoms with Gasteiger partial charge in [-0.1, -0.05) is 0 Å². The van der Waals surface area contributed by atoms with Crippen molar-refractivity contribution in [1.82, 2.24) is 0 Å². The van der Waals surface area contributed by atoms with E-state index in [1.165, 1.54) is 12.8 Å². The van der Waals surface area contributed by atoms with Gasteiger partial charge in [-0.25, -0.2) is 0 Å². The van der Waals surface area contributed by atoms with Crippen molar-refractivity contribution in [2.45, 2.75) is 24.8 Å². The molecule has 0 amide bonds. The van der Waals surface area contributed by atoms with Crippen LogP contribution in [0.4, 0.5) is 0 Å². The van der Waals surface area contributed by atoms with Crippen LogP contribution in [-0.4, -0.2) is 29.2 Å². The quantitative estimate of drug-likeness (QED) is 0.457. The van der Waals surface area contributed by atoms with Crippen molar-refractivity contribution in [2.24, 2.45) is 10.9 Å². The molecule has 0 saturated heterocycles. The van der Waals surface area contributed by atoms with Gasteiger partial charge in [0.05, 0.1) is 13.2 Å². The SMILES string of the molecule is CC(Br)O/C(=N\CCO)C1CC1. The Kier molecular flexibility index (Phi) is 4.01. The second kappa shape index (κ2) is 4.82. The van der Waals surface area contributed by atoms with Gasteiger partial charge in [0.1, 0.15) is 0 Å². The molecule has 12 heavy (non-hydrogen) atoms. The van der Waals surface area contributed by atoms with Crippen molar-refractivity contribution in [3.05, 3.63) is 0 Å². The van der Waals surface area contributed by atoms with Crippen molar-refractivity contribution in [2.75, 3.05) is 13.2 Å². The molecule has 0 aromatic carbocycles. The van der Waals surface area contributed by atoms with Crippen molar-refractivity contribution in [3.63, 3.8) is 0 Å². The van der Waals surface area contributed by atoms with Crippen molar-refractivity contribution in [3.8, 4) is 0 Å². The zero-order valence-electron chi connectivity index (χ0n) is 7.16. The average Bonchev–Trinajstić information content (AvgIpc) is 2.79. The second-order valence-corrected chi connectivity index (χ2v) is 4.17. The standard InChI is InChI=1S/C8H14BrNO2/c1-6(9)12-8(7-2-3-7)10-4-5-11/h6-7,11H,2-5H2,1H3/b10-8-. The molecule has 4 heteroatoms. The number of hydrogen-bond acceptors (Lipinski definition) is 3. The molecular weight excluding hydrogens is 222 g/mol. The first-order chi connectivity index (χ1) is 5.74. The Morgan fingerprint density at radius 1 is 1.75 bits per heavy atom.